The number of hydrogen-bond donors (Lipinski definition) is 2. The first-order valence-corrected chi connectivity index (χ1v) is 6.40. The highest BCUT2D eigenvalue weighted by Crippen LogP contribution is 2.14. The fourth-order valence-corrected chi connectivity index (χ4v) is 2.20. The van der Waals surface area contributed by atoms with E-state index in [0.29, 0.717) is 12.6 Å². The van der Waals surface area contributed by atoms with Crippen LogP contribution in [0.25, 0.3) is 0 Å². The molecule has 2 unspecified atom stereocenters. The molecule has 0 saturated carbocycles. The van der Waals surface area contributed by atoms with Crippen LogP contribution in [0.2, 0.25) is 0 Å². The highest BCUT2D eigenvalue weighted by atomic mass is 19.1. The number of carbonyl (C=O) groups is 1. The van der Waals surface area contributed by atoms with Crippen molar-refractivity contribution in [3.8, 4) is 0 Å². The number of rotatable bonds is 3. The lowest BCUT2D eigenvalue weighted by atomic mass is 9.95. The van der Waals surface area contributed by atoms with Gasteiger partial charge in [-0.2, -0.15) is 0 Å². The van der Waals surface area contributed by atoms with E-state index in [4.69, 9.17) is 0 Å². The van der Waals surface area contributed by atoms with E-state index in [0.717, 1.165) is 24.9 Å². The molecule has 18 heavy (non-hydrogen) atoms. The van der Waals surface area contributed by atoms with Gasteiger partial charge in [-0.1, -0.05) is 12.1 Å². The Hall–Kier alpha value is -1.42. The van der Waals surface area contributed by atoms with Crippen LogP contribution in [0.3, 0.4) is 0 Å². The summed E-state index contributed by atoms with van der Waals surface area (Å²) >= 11 is 0. The maximum atomic E-state index is 13.0. The molecule has 1 fully saturated rings. The molecule has 4 heteroatoms. The Balaban J connectivity index is 1.81. The lowest BCUT2D eigenvalue weighted by Gasteiger charge is -2.26. The number of nitrogens with one attached hydrogen (secondary N) is 2. The van der Waals surface area contributed by atoms with Gasteiger partial charge in [-0.05, 0) is 37.5 Å². The molecule has 98 valence electrons. The monoisotopic (exact) mass is 250 g/mol. The Morgan fingerprint density at radius 3 is 3.00 bits per heavy atom. The first kappa shape index (κ1) is 13.0. The van der Waals surface area contributed by atoms with Gasteiger partial charge < -0.3 is 10.6 Å². The van der Waals surface area contributed by atoms with Crippen molar-refractivity contribution in [2.75, 3.05) is 6.54 Å². The lowest BCUT2D eigenvalue weighted by Crippen LogP contribution is -2.43. The van der Waals surface area contributed by atoms with Gasteiger partial charge in [0.05, 0.1) is 5.92 Å². The third-order valence-electron chi connectivity index (χ3n) is 3.39. The zero-order valence-electron chi connectivity index (χ0n) is 10.6. The Morgan fingerprint density at radius 2 is 2.33 bits per heavy atom. The standard InChI is InChI=1S/C14H19FN2O/c1-10-5-6-12(9-16-10)14(18)17-8-11-3-2-4-13(15)7-11/h2-4,7,10,12,16H,5-6,8-9H2,1H3,(H,17,18). The van der Waals surface area contributed by atoms with Crippen LogP contribution in [0.1, 0.15) is 25.3 Å². The van der Waals surface area contributed by atoms with Gasteiger partial charge in [0.2, 0.25) is 5.91 Å². The van der Waals surface area contributed by atoms with Crippen molar-refractivity contribution in [3.63, 3.8) is 0 Å². The smallest absolute Gasteiger partial charge is 0.224 e. The van der Waals surface area contributed by atoms with E-state index in [1.807, 2.05) is 6.07 Å². The van der Waals surface area contributed by atoms with Crippen molar-refractivity contribution in [1.29, 1.82) is 0 Å². The van der Waals surface area contributed by atoms with Gasteiger partial charge >= 0.3 is 0 Å². The third kappa shape index (κ3) is 3.53. The normalized spacial score (nSPS) is 23.7. The van der Waals surface area contributed by atoms with Crippen LogP contribution < -0.4 is 10.6 Å². The number of carbonyl (C=O) groups excluding carboxylic acids is 1. The van der Waals surface area contributed by atoms with Crippen LogP contribution in [-0.2, 0) is 11.3 Å². The fourth-order valence-electron chi connectivity index (χ4n) is 2.20. The molecule has 1 heterocycles. The minimum Gasteiger partial charge on any atom is -0.352 e. The third-order valence-corrected chi connectivity index (χ3v) is 3.39. The van der Waals surface area contributed by atoms with Gasteiger partial charge in [-0.3, -0.25) is 4.79 Å². The summed E-state index contributed by atoms with van der Waals surface area (Å²) in [6, 6.07) is 6.81. The minimum absolute atomic E-state index is 0.0368. The molecular formula is C14H19FN2O. The van der Waals surface area contributed by atoms with Crippen LogP contribution >= 0.6 is 0 Å². The van der Waals surface area contributed by atoms with Crippen LogP contribution in [0.5, 0.6) is 0 Å². The molecule has 1 amide bonds. The van der Waals surface area contributed by atoms with Gasteiger partial charge in [0.25, 0.3) is 0 Å². The van der Waals surface area contributed by atoms with E-state index in [1.165, 1.54) is 12.1 Å². The predicted octanol–water partition coefficient (Wildman–Crippen LogP) is 1.83. The number of hydrogen-bond acceptors (Lipinski definition) is 2. The van der Waals surface area contributed by atoms with E-state index in [-0.39, 0.29) is 17.6 Å². The molecular weight excluding hydrogens is 231 g/mol. The van der Waals surface area contributed by atoms with Gasteiger partial charge in [-0.25, -0.2) is 4.39 Å². The Labute approximate surface area is 107 Å². The summed E-state index contributed by atoms with van der Waals surface area (Å²) in [5.41, 5.74) is 0.792. The molecule has 0 bridgehead atoms. The van der Waals surface area contributed by atoms with E-state index in [2.05, 4.69) is 17.6 Å². The largest absolute Gasteiger partial charge is 0.352 e. The van der Waals surface area contributed by atoms with Crippen molar-refractivity contribution in [2.24, 2.45) is 5.92 Å². The SMILES string of the molecule is CC1CCC(C(=O)NCc2cccc(F)c2)CN1. The average Bonchev–Trinajstić information content (AvgIpc) is 2.37. The predicted molar refractivity (Wildman–Crippen MR) is 68.4 cm³/mol. The number of halogens is 1. The maximum absolute atomic E-state index is 13.0. The summed E-state index contributed by atoms with van der Waals surface area (Å²) in [6.45, 7) is 3.25. The molecule has 0 radical (unpaired) electrons. The van der Waals surface area contributed by atoms with Crippen molar-refractivity contribution >= 4 is 5.91 Å². The second-order valence-electron chi connectivity index (χ2n) is 4.93. The highest BCUT2D eigenvalue weighted by molar-refractivity contribution is 5.78. The summed E-state index contributed by atoms with van der Waals surface area (Å²) in [4.78, 5) is 11.9. The summed E-state index contributed by atoms with van der Waals surface area (Å²) in [5.74, 6) is -0.177. The number of benzene rings is 1. The molecule has 2 rings (SSSR count). The summed E-state index contributed by atoms with van der Waals surface area (Å²) in [6.07, 6.45) is 1.95. The van der Waals surface area contributed by atoms with Crippen LogP contribution in [0.15, 0.2) is 24.3 Å². The Bertz CT molecular complexity index is 414. The van der Waals surface area contributed by atoms with Crippen molar-refractivity contribution in [2.45, 2.75) is 32.4 Å². The molecule has 2 atom stereocenters. The van der Waals surface area contributed by atoms with E-state index in [9.17, 15) is 9.18 Å². The quantitative estimate of drug-likeness (QED) is 0.859. The molecule has 2 N–H and O–H groups in total. The second-order valence-corrected chi connectivity index (χ2v) is 4.93. The average molecular weight is 250 g/mol. The zero-order chi connectivity index (χ0) is 13.0. The van der Waals surface area contributed by atoms with Crippen LogP contribution in [-0.4, -0.2) is 18.5 Å². The number of amides is 1. The molecule has 1 aliphatic rings. The highest BCUT2D eigenvalue weighted by Gasteiger charge is 2.23. The molecule has 1 saturated heterocycles. The van der Waals surface area contributed by atoms with E-state index < -0.39 is 0 Å². The molecule has 0 aromatic heterocycles. The summed E-state index contributed by atoms with van der Waals surface area (Å²) in [5, 5.41) is 6.16. The van der Waals surface area contributed by atoms with Crippen molar-refractivity contribution < 1.29 is 9.18 Å². The zero-order valence-corrected chi connectivity index (χ0v) is 10.6. The fraction of sp³-hybridized carbons (Fsp3) is 0.500. The maximum Gasteiger partial charge on any atom is 0.224 e. The van der Waals surface area contributed by atoms with Crippen molar-refractivity contribution in [1.82, 2.24) is 10.6 Å². The van der Waals surface area contributed by atoms with Crippen LogP contribution in [0, 0.1) is 11.7 Å². The summed E-state index contributed by atoms with van der Waals surface area (Å²) < 4.78 is 13.0. The Kier molecular flexibility index (Phi) is 4.31. The van der Waals surface area contributed by atoms with E-state index >= 15 is 0 Å². The van der Waals surface area contributed by atoms with Gasteiger partial charge in [0.15, 0.2) is 0 Å². The number of piperidine rings is 1. The molecule has 1 aliphatic heterocycles. The molecule has 0 spiro atoms. The van der Waals surface area contributed by atoms with Gasteiger partial charge in [-0.15, -0.1) is 0 Å². The van der Waals surface area contributed by atoms with Gasteiger partial charge in [0, 0.05) is 19.1 Å². The molecule has 0 aliphatic carbocycles. The Morgan fingerprint density at radius 1 is 1.50 bits per heavy atom. The van der Waals surface area contributed by atoms with E-state index in [1.54, 1.807) is 6.07 Å². The summed E-state index contributed by atoms with van der Waals surface area (Å²) in [7, 11) is 0. The molecule has 1 aromatic carbocycles. The van der Waals surface area contributed by atoms with Gasteiger partial charge in [0.1, 0.15) is 5.82 Å². The van der Waals surface area contributed by atoms with Crippen LogP contribution in [0.4, 0.5) is 4.39 Å². The molecule has 1 aromatic rings. The molecule has 3 nitrogen and oxygen atoms in total. The van der Waals surface area contributed by atoms with Crippen molar-refractivity contribution in [3.05, 3.63) is 35.6 Å². The topological polar surface area (TPSA) is 41.1 Å². The minimum atomic E-state index is -0.269. The first-order valence-electron chi connectivity index (χ1n) is 6.40. The first-order chi connectivity index (χ1) is 8.65. The second kappa shape index (κ2) is 5.96. The lowest BCUT2D eigenvalue weighted by molar-refractivity contribution is -0.125.